The van der Waals surface area contributed by atoms with Gasteiger partial charge in [-0.1, -0.05) is 53.9 Å². The molecule has 0 saturated carbocycles. The van der Waals surface area contributed by atoms with Crippen molar-refractivity contribution < 1.29 is 4.79 Å². The molecule has 2 nitrogen and oxygen atoms in total. The summed E-state index contributed by atoms with van der Waals surface area (Å²) in [6.07, 6.45) is 3.91. The Kier molecular flexibility index (Phi) is 5.37. The van der Waals surface area contributed by atoms with Crippen LogP contribution in [0.25, 0.3) is 0 Å². The maximum atomic E-state index is 12.5. The largest absolute Gasteiger partial charge is 0.299 e. The number of nitrogens with zero attached hydrogens (tertiary/aromatic N) is 1. The third kappa shape index (κ3) is 4.14. The van der Waals surface area contributed by atoms with Gasteiger partial charge < -0.3 is 0 Å². The van der Waals surface area contributed by atoms with Crippen molar-refractivity contribution >= 4 is 29.0 Å². The van der Waals surface area contributed by atoms with Crippen molar-refractivity contribution in [1.82, 2.24) is 4.90 Å². The van der Waals surface area contributed by atoms with E-state index in [9.17, 15) is 4.79 Å². The quantitative estimate of drug-likeness (QED) is 0.707. The second-order valence-electron chi connectivity index (χ2n) is 5.99. The molecule has 1 saturated heterocycles. The summed E-state index contributed by atoms with van der Waals surface area (Å²) >= 11 is 11.9. The van der Waals surface area contributed by atoms with Crippen molar-refractivity contribution in [2.24, 2.45) is 0 Å². The van der Waals surface area contributed by atoms with Crippen LogP contribution >= 0.6 is 23.2 Å². The Bertz CT molecular complexity index is 691. The smallest absolute Gasteiger partial charge is 0.193 e. The van der Waals surface area contributed by atoms with Gasteiger partial charge in [-0.2, -0.15) is 0 Å². The molecule has 2 aromatic rings. The van der Waals surface area contributed by atoms with E-state index in [1.807, 2.05) is 24.3 Å². The standard InChI is InChI=1S/C19H19Cl2NO/c20-17-9-8-16(12-18(17)21)19(23)15-6-4-14(5-7-15)13-22-10-2-1-3-11-22/h4-9,12H,1-3,10-11,13H2. The Labute approximate surface area is 147 Å². The van der Waals surface area contributed by atoms with Crippen LogP contribution < -0.4 is 0 Å². The topological polar surface area (TPSA) is 20.3 Å². The third-order valence-electron chi connectivity index (χ3n) is 4.25. The molecule has 0 aliphatic carbocycles. The predicted octanol–water partition coefficient (Wildman–Crippen LogP) is 5.21. The highest BCUT2D eigenvalue weighted by molar-refractivity contribution is 6.42. The number of benzene rings is 2. The second-order valence-corrected chi connectivity index (χ2v) is 6.81. The van der Waals surface area contributed by atoms with Gasteiger partial charge >= 0.3 is 0 Å². The lowest BCUT2D eigenvalue weighted by atomic mass is 10.0. The zero-order chi connectivity index (χ0) is 16.2. The fraction of sp³-hybridized carbons (Fsp3) is 0.316. The van der Waals surface area contributed by atoms with Crippen molar-refractivity contribution in [3.8, 4) is 0 Å². The second kappa shape index (κ2) is 7.48. The number of carbonyl (C=O) groups is 1. The van der Waals surface area contributed by atoms with Crippen LogP contribution in [0, 0.1) is 0 Å². The molecule has 0 unspecified atom stereocenters. The third-order valence-corrected chi connectivity index (χ3v) is 4.99. The molecular formula is C19H19Cl2NO. The summed E-state index contributed by atoms with van der Waals surface area (Å²) < 4.78 is 0. The van der Waals surface area contributed by atoms with Gasteiger partial charge in [-0.3, -0.25) is 9.69 Å². The van der Waals surface area contributed by atoms with E-state index in [1.165, 1.54) is 37.9 Å². The molecule has 1 fully saturated rings. The maximum Gasteiger partial charge on any atom is 0.193 e. The van der Waals surface area contributed by atoms with Crippen LogP contribution in [0.2, 0.25) is 10.0 Å². The Hall–Kier alpha value is -1.35. The molecule has 2 aromatic carbocycles. The number of ketones is 1. The zero-order valence-corrected chi connectivity index (χ0v) is 14.4. The molecule has 0 amide bonds. The monoisotopic (exact) mass is 347 g/mol. The van der Waals surface area contributed by atoms with E-state index in [2.05, 4.69) is 4.90 Å². The molecule has 4 heteroatoms. The summed E-state index contributed by atoms with van der Waals surface area (Å²) in [4.78, 5) is 15.0. The first-order chi connectivity index (χ1) is 11.1. The van der Waals surface area contributed by atoms with E-state index < -0.39 is 0 Å². The summed E-state index contributed by atoms with van der Waals surface area (Å²) in [5.74, 6) is -0.0342. The summed E-state index contributed by atoms with van der Waals surface area (Å²) in [6, 6.07) is 12.8. The molecule has 0 aromatic heterocycles. The molecule has 1 heterocycles. The van der Waals surface area contributed by atoms with E-state index in [4.69, 9.17) is 23.2 Å². The molecule has 0 radical (unpaired) electrons. The van der Waals surface area contributed by atoms with Crippen molar-refractivity contribution in [1.29, 1.82) is 0 Å². The van der Waals surface area contributed by atoms with Crippen LogP contribution in [0.15, 0.2) is 42.5 Å². The average Bonchev–Trinajstić information content (AvgIpc) is 2.58. The highest BCUT2D eigenvalue weighted by Gasteiger charge is 2.13. The normalized spacial score (nSPS) is 15.6. The Morgan fingerprint density at radius 2 is 1.52 bits per heavy atom. The molecule has 1 aliphatic heterocycles. The van der Waals surface area contributed by atoms with Gasteiger partial charge in [-0.05, 0) is 49.7 Å². The van der Waals surface area contributed by atoms with E-state index in [1.54, 1.807) is 18.2 Å². The molecule has 1 aliphatic rings. The number of hydrogen-bond donors (Lipinski definition) is 0. The minimum atomic E-state index is -0.0342. The van der Waals surface area contributed by atoms with E-state index >= 15 is 0 Å². The SMILES string of the molecule is O=C(c1ccc(CN2CCCCC2)cc1)c1ccc(Cl)c(Cl)c1. The average molecular weight is 348 g/mol. The van der Waals surface area contributed by atoms with Gasteiger partial charge in [-0.15, -0.1) is 0 Å². The molecular weight excluding hydrogens is 329 g/mol. The number of likely N-dealkylation sites (tertiary alicyclic amines) is 1. The summed E-state index contributed by atoms with van der Waals surface area (Å²) in [5, 5.41) is 0.860. The van der Waals surface area contributed by atoms with Gasteiger partial charge in [0.05, 0.1) is 10.0 Å². The Balaban J connectivity index is 1.70. The minimum Gasteiger partial charge on any atom is -0.299 e. The molecule has 0 atom stereocenters. The molecule has 120 valence electrons. The van der Waals surface area contributed by atoms with Crippen molar-refractivity contribution in [3.05, 3.63) is 69.2 Å². The number of halogens is 2. The molecule has 0 bridgehead atoms. The summed E-state index contributed by atoms with van der Waals surface area (Å²) in [5.41, 5.74) is 2.48. The lowest BCUT2D eigenvalue weighted by Crippen LogP contribution is -2.29. The number of hydrogen-bond acceptors (Lipinski definition) is 2. The molecule has 0 spiro atoms. The Morgan fingerprint density at radius 1 is 0.870 bits per heavy atom. The van der Waals surface area contributed by atoms with Gasteiger partial charge in [0.15, 0.2) is 5.78 Å². The number of carbonyl (C=O) groups excluding carboxylic acids is 1. The lowest BCUT2D eigenvalue weighted by Gasteiger charge is -2.26. The van der Waals surface area contributed by atoms with Crippen LogP contribution in [-0.2, 0) is 6.54 Å². The van der Waals surface area contributed by atoms with Gasteiger partial charge in [-0.25, -0.2) is 0 Å². The van der Waals surface area contributed by atoms with Crippen molar-refractivity contribution in [2.45, 2.75) is 25.8 Å². The van der Waals surface area contributed by atoms with E-state index in [0.29, 0.717) is 21.2 Å². The highest BCUT2D eigenvalue weighted by Crippen LogP contribution is 2.24. The fourth-order valence-electron chi connectivity index (χ4n) is 2.94. The van der Waals surface area contributed by atoms with Gasteiger partial charge in [0.1, 0.15) is 0 Å². The van der Waals surface area contributed by atoms with E-state index in [-0.39, 0.29) is 5.78 Å². The number of piperidine rings is 1. The van der Waals surface area contributed by atoms with Crippen LogP contribution in [-0.4, -0.2) is 23.8 Å². The van der Waals surface area contributed by atoms with Gasteiger partial charge in [0, 0.05) is 17.7 Å². The molecule has 23 heavy (non-hydrogen) atoms. The first-order valence-electron chi connectivity index (χ1n) is 7.94. The highest BCUT2D eigenvalue weighted by atomic mass is 35.5. The van der Waals surface area contributed by atoms with Crippen molar-refractivity contribution in [2.75, 3.05) is 13.1 Å². The Morgan fingerprint density at radius 3 is 2.17 bits per heavy atom. The first-order valence-corrected chi connectivity index (χ1v) is 8.70. The van der Waals surface area contributed by atoms with Crippen LogP contribution in [0.1, 0.15) is 40.7 Å². The van der Waals surface area contributed by atoms with Gasteiger partial charge in [0.2, 0.25) is 0 Å². The van der Waals surface area contributed by atoms with Crippen LogP contribution in [0.3, 0.4) is 0 Å². The van der Waals surface area contributed by atoms with Crippen LogP contribution in [0.4, 0.5) is 0 Å². The lowest BCUT2D eigenvalue weighted by molar-refractivity contribution is 0.103. The first kappa shape index (κ1) is 16.5. The minimum absolute atomic E-state index is 0.0342. The summed E-state index contributed by atoms with van der Waals surface area (Å²) in [7, 11) is 0. The van der Waals surface area contributed by atoms with Crippen molar-refractivity contribution in [3.63, 3.8) is 0 Å². The summed E-state index contributed by atoms with van der Waals surface area (Å²) in [6.45, 7) is 3.30. The number of rotatable bonds is 4. The molecule has 0 N–H and O–H groups in total. The molecule has 3 rings (SSSR count). The van der Waals surface area contributed by atoms with E-state index in [0.717, 1.165) is 6.54 Å². The maximum absolute atomic E-state index is 12.5. The zero-order valence-electron chi connectivity index (χ0n) is 12.9. The van der Waals surface area contributed by atoms with Crippen LogP contribution in [0.5, 0.6) is 0 Å². The fourth-order valence-corrected chi connectivity index (χ4v) is 3.24. The predicted molar refractivity (Wildman–Crippen MR) is 95.5 cm³/mol. The van der Waals surface area contributed by atoms with Gasteiger partial charge in [0.25, 0.3) is 0 Å².